The molecular formula is C34H35Cl2N3O4S. The molecule has 10 heteroatoms. The fraction of sp³-hybridized carbons (Fsp3) is 0.235. The molecule has 4 aromatic carbocycles. The fourth-order valence-corrected chi connectivity index (χ4v) is 6.65. The second-order valence-electron chi connectivity index (χ2n) is 10.5. The zero-order valence-corrected chi connectivity index (χ0v) is 27.2. The number of rotatable bonds is 12. The lowest BCUT2D eigenvalue weighted by Gasteiger charge is -2.34. The molecule has 4 aromatic rings. The van der Waals surface area contributed by atoms with E-state index in [0.717, 1.165) is 26.6 Å². The third-order valence-corrected chi connectivity index (χ3v) is 9.77. The Hall–Kier alpha value is -3.85. The van der Waals surface area contributed by atoms with E-state index in [4.69, 9.17) is 23.2 Å². The van der Waals surface area contributed by atoms with Gasteiger partial charge in [-0.15, -0.1) is 0 Å². The van der Waals surface area contributed by atoms with Gasteiger partial charge in [0.05, 0.1) is 20.6 Å². The van der Waals surface area contributed by atoms with Crippen LogP contribution in [-0.4, -0.2) is 44.3 Å². The number of benzene rings is 4. The predicted octanol–water partition coefficient (Wildman–Crippen LogP) is 6.58. The lowest BCUT2D eigenvalue weighted by molar-refractivity contribution is -0.140. The summed E-state index contributed by atoms with van der Waals surface area (Å²) in [5.41, 5.74) is 3.62. The topological polar surface area (TPSA) is 86.8 Å². The van der Waals surface area contributed by atoms with E-state index in [9.17, 15) is 18.0 Å². The largest absolute Gasteiger partial charge is 0.355 e. The maximum Gasteiger partial charge on any atom is 0.264 e. The van der Waals surface area contributed by atoms with Crippen molar-refractivity contribution in [1.82, 2.24) is 10.2 Å². The zero-order chi connectivity index (χ0) is 31.9. The van der Waals surface area contributed by atoms with E-state index in [-0.39, 0.29) is 39.5 Å². The third kappa shape index (κ3) is 8.00. The van der Waals surface area contributed by atoms with Gasteiger partial charge < -0.3 is 10.2 Å². The summed E-state index contributed by atoms with van der Waals surface area (Å²) >= 11 is 12.9. The first-order valence-corrected chi connectivity index (χ1v) is 16.4. The molecule has 0 aliphatic heterocycles. The maximum absolute atomic E-state index is 14.4. The van der Waals surface area contributed by atoms with E-state index in [1.165, 1.54) is 23.1 Å². The van der Waals surface area contributed by atoms with Gasteiger partial charge in [0.2, 0.25) is 11.8 Å². The van der Waals surface area contributed by atoms with Gasteiger partial charge in [-0.05, 0) is 56.2 Å². The standard InChI is InChI=1S/C34H35Cl2N3O4S/c1-4-37-34(41)31(21-26-9-6-5-7-10-26)38(22-27-17-13-24(2)14-18-27)32(40)23-39(30-12-8-11-29(35)33(30)36)44(42,43)28-19-15-25(3)16-20-28/h5-20,31H,4,21-23H2,1-3H3,(H,37,41). The summed E-state index contributed by atoms with van der Waals surface area (Å²) in [4.78, 5) is 29.4. The number of anilines is 1. The molecule has 1 atom stereocenters. The maximum atomic E-state index is 14.4. The van der Waals surface area contributed by atoms with Gasteiger partial charge in [0.1, 0.15) is 12.6 Å². The molecular weight excluding hydrogens is 617 g/mol. The monoisotopic (exact) mass is 651 g/mol. The fourth-order valence-electron chi connectivity index (χ4n) is 4.77. The molecule has 7 nitrogen and oxygen atoms in total. The lowest BCUT2D eigenvalue weighted by atomic mass is 10.0. The summed E-state index contributed by atoms with van der Waals surface area (Å²) in [6.07, 6.45) is 0.229. The average molecular weight is 653 g/mol. The molecule has 0 aromatic heterocycles. The van der Waals surface area contributed by atoms with E-state index in [0.29, 0.717) is 6.54 Å². The Morgan fingerprint density at radius 3 is 2.02 bits per heavy atom. The number of halogens is 2. The van der Waals surface area contributed by atoms with Gasteiger partial charge in [-0.3, -0.25) is 13.9 Å². The van der Waals surface area contributed by atoms with Crippen LogP contribution in [-0.2, 0) is 32.6 Å². The molecule has 0 radical (unpaired) electrons. The number of carbonyl (C=O) groups is 2. The highest BCUT2D eigenvalue weighted by molar-refractivity contribution is 7.92. The van der Waals surface area contributed by atoms with Gasteiger partial charge in [-0.25, -0.2) is 8.42 Å². The molecule has 0 aliphatic carbocycles. The molecule has 4 rings (SSSR count). The van der Waals surface area contributed by atoms with Crippen molar-refractivity contribution >= 4 is 50.7 Å². The van der Waals surface area contributed by atoms with Crippen molar-refractivity contribution in [1.29, 1.82) is 0 Å². The molecule has 44 heavy (non-hydrogen) atoms. The minimum absolute atomic E-state index is 0.00713. The SMILES string of the molecule is CCNC(=O)C(Cc1ccccc1)N(Cc1ccc(C)cc1)C(=O)CN(c1cccc(Cl)c1Cl)S(=O)(=O)c1ccc(C)cc1. The number of nitrogens with one attached hydrogen (secondary N) is 1. The number of aryl methyl sites for hydroxylation is 2. The van der Waals surface area contributed by atoms with E-state index in [1.807, 2.05) is 68.4 Å². The van der Waals surface area contributed by atoms with Crippen LogP contribution in [0.3, 0.4) is 0 Å². The molecule has 1 N–H and O–H groups in total. The summed E-state index contributed by atoms with van der Waals surface area (Å²) in [6, 6.07) is 27.0. The summed E-state index contributed by atoms with van der Waals surface area (Å²) in [7, 11) is -4.29. The van der Waals surface area contributed by atoms with Crippen molar-refractivity contribution in [2.24, 2.45) is 0 Å². The van der Waals surface area contributed by atoms with Gasteiger partial charge in [-0.1, -0.05) is 107 Å². The van der Waals surface area contributed by atoms with Crippen LogP contribution in [0.5, 0.6) is 0 Å². The van der Waals surface area contributed by atoms with Gasteiger partial charge in [0.15, 0.2) is 0 Å². The van der Waals surface area contributed by atoms with Crippen molar-refractivity contribution < 1.29 is 18.0 Å². The van der Waals surface area contributed by atoms with E-state index >= 15 is 0 Å². The Morgan fingerprint density at radius 2 is 1.41 bits per heavy atom. The van der Waals surface area contributed by atoms with Crippen LogP contribution in [0.4, 0.5) is 5.69 Å². The van der Waals surface area contributed by atoms with Gasteiger partial charge >= 0.3 is 0 Å². The molecule has 0 aliphatic rings. The highest BCUT2D eigenvalue weighted by atomic mass is 35.5. The molecule has 0 bridgehead atoms. The van der Waals surface area contributed by atoms with Crippen molar-refractivity contribution in [3.05, 3.63) is 129 Å². The first kappa shape index (κ1) is 33.1. The highest BCUT2D eigenvalue weighted by Gasteiger charge is 2.35. The van der Waals surface area contributed by atoms with Crippen molar-refractivity contribution in [3.8, 4) is 0 Å². The van der Waals surface area contributed by atoms with Gasteiger partial charge in [-0.2, -0.15) is 0 Å². The van der Waals surface area contributed by atoms with Crippen molar-refractivity contribution in [2.45, 2.75) is 44.7 Å². The molecule has 0 heterocycles. The molecule has 230 valence electrons. The second-order valence-corrected chi connectivity index (χ2v) is 13.2. The van der Waals surface area contributed by atoms with Crippen molar-refractivity contribution in [3.63, 3.8) is 0 Å². The number of hydrogen-bond acceptors (Lipinski definition) is 4. The second kappa shape index (κ2) is 14.8. The molecule has 0 spiro atoms. The zero-order valence-electron chi connectivity index (χ0n) is 24.8. The molecule has 1 unspecified atom stereocenters. The Morgan fingerprint density at radius 1 is 0.795 bits per heavy atom. The summed E-state index contributed by atoms with van der Waals surface area (Å²) in [5.74, 6) is -0.921. The van der Waals surface area contributed by atoms with Crippen LogP contribution in [0.15, 0.2) is 102 Å². The van der Waals surface area contributed by atoms with Crippen LogP contribution in [0.25, 0.3) is 0 Å². The predicted molar refractivity (Wildman–Crippen MR) is 177 cm³/mol. The molecule has 0 fully saturated rings. The van der Waals surface area contributed by atoms with Crippen molar-refractivity contribution in [2.75, 3.05) is 17.4 Å². The number of hydrogen-bond donors (Lipinski definition) is 1. The molecule has 0 saturated carbocycles. The average Bonchev–Trinajstić information content (AvgIpc) is 3.01. The lowest BCUT2D eigenvalue weighted by Crippen LogP contribution is -2.53. The number of amides is 2. The summed E-state index contributed by atoms with van der Waals surface area (Å²) < 4.78 is 29.2. The van der Waals surface area contributed by atoms with E-state index < -0.39 is 28.5 Å². The van der Waals surface area contributed by atoms with E-state index in [2.05, 4.69) is 5.32 Å². The van der Waals surface area contributed by atoms with Crippen LogP contribution < -0.4 is 9.62 Å². The number of likely N-dealkylation sites (N-methyl/N-ethyl adjacent to an activating group) is 1. The number of nitrogens with zero attached hydrogens (tertiary/aromatic N) is 2. The Bertz CT molecular complexity index is 1700. The van der Waals surface area contributed by atoms with Gasteiger partial charge in [0.25, 0.3) is 10.0 Å². The summed E-state index contributed by atoms with van der Waals surface area (Å²) in [5, 5.41) is 2.99. The number of sulfonamides is 1. The molecule has 0 saturated heterocycles. The first-order valence-electron chi connectivity index (χ1n) is 14.2. The highest BCUT2D eigenvalue weighted by Crippen LogP contribution is 2.35. The normalized spacial score (nSPS) is 11.9. The minimum Gasteiger partial charge on any atom is -0.355 e. The smallest absolute Gasteiger partial charge is 0.264 e. The third-order valence-electron chi connectivity index (χ3n) is 7.18. The van der Waals surface area contributed by atoms with Gasteiger partial charge in [0, 0.05) is 19.5 Å². The molecule has 2 amide bonds. The Balaban J connectivity index is 1.82. The Kier molecular flexibility index (Phi) is 11.1. The summed E-state index contributed by atoms with van der Waals surface area (Å²) in [6.45, 7) is 5.44. The quantitative estimate of drug-likeness (QED) is 0.187. The first-order chi connectivity index (χ1) is 21.0. The number of carbonyl (C=O) groups excluding carboxylic acids is 2. The van der Waals surface area contributed by atoms with Crippen LogP contribution in [0.1, 0.15) is 29.2 Å². The van der Waals surface area contributed by atoms with Crippen LogP contribution in [0, 0.1) is 13.8 Å². The van der Waals surface area contributed by atoms with E-state index in [1.54, 1.807) is 31.2 Å². The van der Waals surface area contributed by atoms with Crippen LogP contribution in [0.2, 0.25) is 10.0 Å². The minimum atomic E-state index is -4.29. The Labute approximate surface area is 269 Å². The van der Waals surface area contributed by atoms with Crippen LogP contribution >= 0.6 is 23.2 Å².